The smallest absolute Gasteiger partial charge is 0.192 e. The topological polar surface area (TPSA) is 23.6 Å². The second-order valence-corrected chi connectivity index (χ2v) is 6.08. The van der Waals surface area contributed by atoms with E-state index in [1.54, 1.807) is 0 Å². The fourth-order valence-electron chi connectivity index (χ4n) is 2.49. The zero-order chi connectivity index (χ0) is 11.1. The number of hydrogen-bond donors (Lipinski definition) is 0. The van der Waals surface area contributed by atoms with Crippen molar-refractivity contribution in [1.82, 2.24) is 9.80 Å². The molecule has 0 aliphatic carbocycles. The number of piperazine rings is 3. The molecule has 3 aliphatic heterocycles. The Balaban J connectivity index is 1.83. The van der Waals surface area contributed by atoms with Gasteiger partial charge in [-0.05, 0) is 27.4 Å². The number of ketones is 1. The van der Waals surface area contributed by atoms with E-state index < -0.39 is 0 Å². The third kappa shape index (κ3) is 1.76. The van der Waals surface area contributed by atoms with Crippen LogP contribution in [0.15, 0.2) is 15.9 Å². The first-order chi connectivity index (χ1) is 7.75. The first kappa shape index (κ1) is 10.9. The Bertz CT molecular complexity index is 412. The summed E-state index contributed by atoms with van der Waals surface area (Å²) in [6.07, 6.45) is 0. The summed E-state index contributed by atoms with van der Waals surface area (Å²) >= 11 is 4.98. The van der Waals surface area contributed by atoms with Crippen LogP contribution in [0.5, 0.6) is 0 Å². The number of rotatable bonds is 2. The van der Waals surface area contributed by atoms with Gasteiger partial charge in [-0.15, -0.1) is 11.3 Å². The van der Waals surface area contributed by atoms with E-state index in [2.05, 4.69) is 25.7 Å². The second kappa shape index (κ2) is 4.22. The van der Waals surface area contributed by atoms with Crippen LogP contribution < -0.4 is 0 Å². The first-order valence-corrected chi connectivity index (χ1v) is 7.16. The van der Waals surface area contributed by atoms with E-state index in [0.29, 0.717) is 0 Å². The van der Waals surface area contributed by atoms with Gasteiger partial charge in [-0.1, -0.05) is 0 Å². The normalized spacial score (nSPS) is 32.9. The molecule has 0 spiro atoms. The van der Waals surface area contributed by atoms with Gasteiger partial charge in [0.25, 0.3) is 0 Å². The van der Waals surface area contributed by atoms with E-state index in [4.69, 9.17) is 0 Å². The van der Waals surface area contributed by atoms with Crippen LogP contribution in [0.2, 0.25) is 0 Å². The van der Waals surface area contributed by atoms with Crippen molar-refractivity contribution in [3.8, 4) is 0 Å². The zero-order valence-electron chi connectivity index (χ0n) is 8.86. The van der Waals surface area contributed by atoms with Crippen LogP contribution in [0.25, 0.3) is 0 Å². The van der Waals surface area contributed by atoms with Crippen molar-refractivity contribution in [2.75, 3.05) is 32.7 Å². The Morgan fingerprint density at radius 1 is 1.38 bits per heavy atom. The molecule has 4 rings (SSSR count). The molecule has 3 aliphatic rings. The predicted octanol–water partition coefficient (Wildman–Crippen LogP) is 1.69. The molecular weight excluding hydrogens is 288 g/mol. The molecule has 3 nitrogen and oxygen atoms in total. The summed E-state index contributed by atoms with van der Waals surface area (Å²) in [6, 6.07) is 2.03. The Labute approximate surface area is 107 Å². The number of Topliss-reactive ketones (excluding diaryl/α,β-unsaturated/α-hetero) is 1. The number of carbonyl (C=O) groups excluding carboxylic acids is 1. The van der Waals surface area contributed by atoms with Gasteiger partial charge < -0.3 is 0 Å². The van der Waals surface area contributed by atoms with Gasteiger partial charge >= 0.3 is 0 Å². The number of fused-ring (bicyclic) bond motifs is 3. The van der Waals surface area contributed by atoms with Gasteiger partial charge in [0.05, 0.1) is 10.9 Å². The van der Waals surface area contributed by atoms with Crippen molar-refractivity contribution >= 4 is 33.0 Å². The van der Waals surface area contributed by atoms with Gasteiger partial charge in [0.15, 0.2) is 5.78 Å². The molecule has 4 heterocycles. The third-order valence-electron chi connectivity index (χ3n) is 3.42. The minimum absolute atomic E-state index is 0.0810. The fourth-order valence-corrected chi connectivity index (χ4v) is 4.04. The molecule has 86 valence electrons. The number of hydrogen-bond acceptors (Lipinski definition) is 4. The van der Waals surface area contributed by atoms with Gasteiger partial charge in [0.1, 0.15) is 0 Å². The van der Waals surface area contributed by atoms with Crippen LogP contribution in [0.1, 0.15) is 9.67 Å². The summed E-state index contributed by atoms with van der Waals surface area (Å²) in [5, 5.41) is 1.97. The summed E-state index contributed by atoms with van der Waals surface area (Å²) in [6.45, 7) is 5.23. The van der Waals surface area contributed by atoms with E-state index >= 15 is 0 Å². The summed E-state index contributed by atoms with van der Waals surface area (Å²) in [4.78, 5) is 18.0. The molecule has 1 aromatic heterocycles. The molecule has 0 amide bonds. The quantitative estimate of drug-likeness (QED) is 0.777. The van der Waals surface area contributed by atoms with Crippen molar-refractivity contribution in [1.29, 1.82) is 0 Å². The lowest BCUT2D eigenvalue weighted by Gasteiger charge is -2.46. The highest BCUT2D eigenvalue weighted by atomic mass is 79.9. The molecule has 16 heavy (non-hydrogen) atoms. The third-order valence-corrected chi connectivity index (χ3v) is 5.27. The van der Waals surface area contributed by atoms with Gasteiger partial charge in [-0.2, -0.15) is 0 Å². The van der Waals surface area contributed by atoms with Gasteiger partial charge in [-0.3, -0.25) is 14.6 Å². The Hall–Kier alpha value is -0.230. The van der Waals surface area contributed by atoms with Gasteiger partial charge in [-0.25, -0.2) is 0 Å². The van der Waals surface area contributed by atoms with Crippen molar-refractivity contribution in [2.45, 2.75) is 6.04 Å². The SMILES string of the molecule is O=C(c1sccc1Br)C1CN2CCN1CC2. The Morgan fingerprint density at radius 3 is 2.62 bits per heavy atom. The van der Waals surface area contributed by atoms with Crippen LogP contribution in [-0.2, 0) is 0 Å². The Morgan fingerprint density at radius 2 is 2.12 bits per heavy atom. The molecule has 0 aromatic carbocycles. The number of halogens is 1. The summed E-state index contributed by atoms with van der Waals surface area (Å²) < 4.78 is 0.945. The van der Waals surface area contributed by atoms with Crippen LogP contribution in [0, 0.1) is 0 Å². The van der Waals surface area contributed by atoms with E-state index in [-0.39, 0.29) is 11.8 Å². The predicted molar refractivity (Wildman–Crippen MR) is 68.2 cm³/mol. The van der Waals surface area contributed by atoms with Gasteiger partial charge in [0.2, 0.25) is 0 Å². The van der Waals surface area contributed by atoms with Crippen molar-refractivity contribution < 1.29 is 4.79 Å². The average molecular weight is 301 g/mol. The zero-order valence-corrected chi connectivity index (χ0v) is 11.3. The minimum Gasteiger partial charge on any atom is -0.299 e. The van der Waals surface area contributed by atoms with Crippen LogP contribution in [0.4, 0.5) is 0 Å². The lowest BCUT2D eigenvalue weighted by Crippen LogP contribution is -2.63. The van der Waals surface area contributed by atoms with Crippen molar-refractivity contribution in [2.24, 2.45) is 0 Å². The number of thiophene rings is 1. The molecule has 1 atom stereocenters. The molecule has 3 fully saturated rings. The standard InChI is InChI=1S/C11H13BrN2OS/c12-8-1-6-16-11(8)10(15)9-7-13-2-4-14(9)5-3-13/h1,6,9H,2-5,7H2. The second-order valence-electron chi connectivity index (χ2n) is 4.31. The number of nitrogens with zero attached hydrogens (tertiary/aromatic N) is 2. The maximum Gasteiger partial charge on any atom is 0.192 e. The minimum atomic E-state index is 0.0810. The highest BCUT2D eigenvalue weighted by molar-refractivity contribution is 9.10. The van der Waals surface area contributed by atoms with Crippen LogP contribution in [-0.4, -0.2) is 54.3 Å². The molecule has 0 radical (unpaired) electrons. The molecule has 1 unspecified atom stereocenters. The monoisotopic (exact) mass is 300 g/mol. The fraction of sp³-hybridized carbons (Fsp3) is 0.545. The van der Waals surface area contributed by atoms with E-state index in [1.165, 1.54) is 11.3 Å². The van der Waals surface area contributed by atoms with E-state index in [0.717, 1.165) is 42.1 Å². The van der Waals surface area contributed by atoms with E-state index in [1.807, 2.05) is 11.4 Å². The van der Waals surface area contributed by atoms with Crippen LogP contribution >= 0.6 is 27.3 Å². The van der Waals surface area contributed by atoms with Gasteiger partial charge in [0, 0.05) is 37.2 Å². The molecule has 0 saturated carbocycles. The summed E-state index contributed by atoms with van der Waals surface area (Å²) in [5.41, 5.74) is 0. The highest BCUT2D eigenvalue weighted by Crippen LogP contribution is 2.27. The van der Waals surface area contributed by atoms with Crippen LogP contribution in [0.3, 0.4) is 0 Å². The lowest BCUT2D eigenvalue weighted by molar-refractivity contribution is 0.0161. The summed E-state index contributed by atoms with van der Waals surface area (Å²) in [7, 11) is 0. The maximum atomic E-state index is 12.4. The lowest BCUT2D eigenvalue weighted by atomic mass is 10.0. The van der Waals surface area contributed by atoms with Crippen molar-refractivity contribution in [3.63, 3.8) is 0 Å². The molecule has 1 aromatic rings. The largest absolute Gasteiger partial charge is 0.299 e. The highest BCUT2D eigenvalue weighted by Gasteiger charge is 2.37. The molecular formula is C11H13BrN2OS. The average Bonchev–Trinajstić information content (AvgIpc) is 2.76. The Kier molecular flexibility index (Phi) is 2.87. The molecule has 5 heteroatoms. The molecule has 0 N–H and O–H groups in total. The molecule has 2 bridgehead atoms. The maximum absolute atomic E-state index is 12.4. The van der Waals surface area contributed by atoms with Crippen molar-refractivity contribution in [3.05, 3.63) is 20.8 Å². The summed E-state index contributed by atoms with van der Waals surface area (Å²) in [5.74, 6) is 0.284. The number of carbonyl (C=O) groups is 1. The molecule has 3 saturated heterocycles. The first-order valence-electron chi connectivity index (χ1n) is 5.49. The van der Waals surface area contributed by atoms with E-state index in [9.17, 15) is 4.79 Å².